The Morgan fingerprint density at radius 3 is 2.67 bits per heavy atom. The molecule has 0 saturated carbocycles. The molecule has 134 valence electrons. The van der Waals surface area contributed by atoms with Crippen molar-refractivity contribution < 1.29 is 9.53 Å². The van der Waals surface area contributed by atoms with Crippen LogP contribution in [-0.2, 0) is 11.3 Å². The lowest BCUT2D eigenvalue weighted by molar-refractivity contribution is 0.0119. The zero-order valence-electron chi connectivity index (χ0n) is 15.4. The molecule has 0 radical (unpaired) electrons. The minimum absolute atomic E-state index is 0.140. The topological polar surface area (TPSA) is 50.6 Å². The minimum atomic E-state index is 0.140. The second kappa shape index (κ2) is 7.23. The van der Waals surface area contributed by atoms with E-state index in [0.29, 0.717) is 12.0 Å². The smallest absolute Gasteiger partial charge is 0.257 e. The van der Waals surface area contributed by atoms with Crippen molar-refractivity contribution in [2.45, 2.75) is 46.2 Å². The molecule has 0 aliphatic carbocycles. The van der Waals surface area contributed by atoms with Crippen molar-refractivity contribution in [2.24, 2.45) is 5.92 Å². The van der Waals surface area contributed by atoms with Gasteiger partial charge in [-0.2, -0.15) is 5.10 Å². The highest BCUT2D eigenvalue weighted by Gasteiger charge is 2.37. The molecule has 2 fully saturated rings. The van der Waals surface area contributed by atoms with E-state index in [-0.39, 0.29) is 11.8 Å². The van der Waals surface area contributed by atoms with Gasteiger partial charge in [-0.1, -0.05) is 20.8 Å². The number of aromatic nitrogens is 2. The molecule has 6 nitrogen and oxygen atoms in total. The minimum Gasteiger partial charge on any atom is -0.379 e. The molecule has 0 spiro atoms. The van der Waals surface area contributed by atoms with Crippen LogP contribution >= 0.6 is 0 Å². The highest BCUT2D eigenvalue weighted by molar-refractivity contribution is 5.95. The number of ether oxygens (including phenoxy) is 1. The molecule has 1 amide bonds. The van der Waals surface area contributed by atoms with Gasteiger partial charge in [0.15, 0.2) is 0 Å². The van der Waals surface area contributed by atoms with Gasteiger partial charge in [-0.15, -0.1) is 0 Å². The van der Waals surface area contributed by atoms with Crippen LogP contribution in [0.3, 0.4) is 0 Å². The van der Waals surface area contributed by atoms with Crippen LogP contribution in [0, 0.1) is 5.92 Å². The first-order chi connectivity index (χ1) is 11.5. The van der Waals surface area contributed by atoms with E-state index < -0.39 is 0 Å². The fourth-order valence-corrected chi connectivity index (χ4v) is 3.86. The molecule has 2 atom stereocenters. The standard InChI is InChI=1S/C18H30N4O2/c1-5-22-11-15(17(19-22)13(2)3)18(23)21-10-14(4)16(12-21)20-6-8-24-9-7-20/h11,13-14,16H,5-10,12H2,1-4H3/t14-,16+/m1/s1. The number of amides is 1. The van der Waals surface area contributed by atoms with Crippen molar-refractivity contribution in [2.75, 3.05) is 39.4 Å². The fraction of sp³-hybridized carbons (Fsp3) is 0.778. The van der Waals surface area contributed by atoms with Crippen LogP contribution in [0.5, 0.6) is 0 Å². The largest absolute Gasteiger partial charge is 0.379 e. The van der Waals surface area contributed by atoms with E-state index in [1.165, 1.54) is 0 Å². The number of hydrogen-bond acceptors (Lipinski definition) is 4. The first-order valence-electron chi connectivity index (χ1n) is 9.19. The van der Waals surface area contributed by atoms with E-state index in [1.54, 1.807) is 0 Å². The molecule has 24 heavy (non-hydrogen) atoms. The maximum atomic E-state index is 13.1. The summed E-state index contributed by atoms with van der Waals surface area (Å²) < 4.78 is 7.34. The van der Waals surface area contributed by atoms with Crippen molar-refractivity contribution in [3.8, 4) is 0 Å². The molecule has 3 heterocycles. The Morgan fingerprint density at radius 2 is 2.04 bits per heavy atom. The van der Waals surface area contributed by atoms with Gasteiger partial charge in [0.1, 0.15) is 0 Å². The van der Waals surface area contributed by atoms with E-state index in [4.69, 9.17) is 4.74 Å². The molecule has 0 bridgehead atoms. The Morgan fingerprint density at radius 1 is 1.33 bits per heavy atom. The van der Waals surface area contributed by atoms with E-state index in [9.17, 15) is 4.79 Å². The lowest BCUT2D eigenvalue weighted by atomic mass is 10.0. The lowest BCUT2D eigenvalue weighted by Gasteiger charge is -2.33. The lowest BCUT2D eigenvalue weighted by Crippen LogP contribution is -2.47. The first kappa shape index (κ1) is 17.4. The van der Waals surface area contributed by atoms with Crippen LogP contribution in [0.25, 0.3) is 0 Å². The Balaban J connectivity index is 1.75. The van der Waals surface area contributed by atoms with Crippen LogP contribution in [0.1, 0.15) is 49.7 Å². The summed E-state index contributed by atoms with van der Waals surface area (Å²) >= 11 is 0. The number of carbonyl (C=O) groups excluding carboxylic acids is 1. The molecular weight excluding hydrogens is 304 g/mol. The summed E-state index contributed by atoms with van der Waals surface area (Å²) in [6.45, 7) is 14.5. The third-order valence-electron chi connectivity index (χ3n) is 5.27. The SMILES string of the molecule is CCn1cc(C(=O)N2C[C@@H](C)[C@@H](N3CCOCC3)C2)c(C(C)C)n1. The van der Waals surface area contributed by atoms with Crippen molar-refractivity contribution in [3.05, 3.63) is 17.5 Å². The molecule has 2 saturated heterocycles. The van der Waals surface area contributed by atoms with Gasteiger partial charge in [0, 0.05) is 45.0 Å². The summed E-state index contributed by atoms with van der Waals surface area (Å²) in [7, 11) is 0. The van der Waals surface area contributed by atoms with Gasteiger partial charge in [0.05, 0.1) is 24.5 Å². The van der Waals surface area contributed by atoms with Gasteiger partial charge in [0.2, 0.25) is 0 Å². The first-order valence-corrected chi connectivity index (χ1v) is 9.19. The molecule has 6 heteroatoms. The van der Waals surface area contributed by atoms with Gasteiger partial charge in [-0.05, 0) is 18.8 Å². The third-order valence-corrected chi connectivity index (χ3v) is 5.27. The van der Waals surface area contributed by atoms with Crippen molar-refractivity contribution in [1.29, 1.82) is 0 Å². The predicted molar refractivity (Wildman–Crippen MR) is 93.2 cm³/mol. The molecule has 2 aliphatic rings. The Hall–Kier alpha value is -1.40. The summed E-state index contributed by atoms with van der Waals surface area (Å²) in [4.78, 5) is 17.6. The average Bonchev–Trinajstić information content (AvgIpc) is 3.19. The van der Waals surface area contributed by atoms with Gasteiger partial charge in [-0.3, -0.25) is 14.4 Å². The second-order valence-corrected chi connectivity index (χ2v) is 7.34. The summed E-state index contributed by atoms with van der Waals surface area (Å²) in [6.07, 6.45) is 1.92. The van der Waals surface area contributed by atoms with Gasteiger partial charge in [-0.25, -0.2) is 0 Å². The number of morpholine rings is 1. The monoisotopic (exact) mass is 334 g/mol. The third kappa shape index (κ3) is 3.35. The van der Waals surface area contributed by atoms with Crippen molar-refractivity contribution in [3.63, 3.8) is 0 Å². The quantitative estimate of drug-likeness (QED) is 0.843. The summed E-state index contributed by atoms with van der Waals surface area (Å²) in [5, 5.41) is 4.59. The van der Waals surface area contributed by atoms with Crippen LogP contribution < -0.4 is 0 Å². The highest BCUT2D eigenvalue weighted by Crippen LogP contribution is 2.26. The van der Waals surface area contributed by atoms with Gasteiger partial charge >= 0.3 is 0 Å². The number of rotatable bonds is 4. The Kier molecular flexibility index (Phi) is 5.25. The summed E-state index contributed by atoms with van der Waals surface area (Å²) in [5.41, 5.74) is 1.70. The van der Waals surface area contributed by atoms with E-state index in [0.717, 1.165) is 57.2 Å². The molecule has 1 aromatic heterocycles. The van der Waals surface area contributed by atoms with E-state index in [2.05, 4.69) is 37.7 Å². The predicted octanol–water partition coefficient (Wildman–Crippen LogP) is 1.82. The Labute approximate surface area is 144 Å². The van der Waals surface area contributed by atoms with Crippen LogP contribution in [0.15, 0.2) is 6.20 Å². The number of nitrogens with zero attached hydrogens (tertiary/aromatic N) is 4. The normalized spacial score (nSPS) is 25.6. The summed E-state index contributed by atoms with van der Waals surface area (Å²) in [6, 6.07) is 0.446. The number of hydrogen-bond donors (Lipinski definition) is 0. The molecule has 0 unspecified atom stereocenters. The van der Waals surface area contributed by atoms with Crippen LogP contribution in [0.4, 0.5) is 0 Å². The fourth-order valence-electron chi connectivity index (χ4n) is 3.86. The Bertz CT molecular complexity index is 578. The van der Waals surface area contributed by atoms with Crippen molar-refractivity contribution in [1.82, 2.24) is 19.6 Å². The summed E-state index contributed by atoms with van der Waals surface area (Å²) in [5.74, 6) is 0.892. The van der Waals surface area contributed by atoms with Gasteiger partial charge < -0.3 is 9.64 Å². The number of likely N-dealkylation sites (tertiary alicyclic amines) is 1. The maximum Gasteiger partial charge on any atom is 0.257 e. The molecular formula is C18H30N4O2. The maximum absolute atomic E-state index is 13.1. The van der Waals surface area contributed by atoms with Gasteiger partial charge in [0.25, 0.3) is 5.91 Å². The molecule has 3 rings (SSSR count). The zero-order chi connectivity index (χ0) is 17.3. The van der Waals surface area contributed by atoms with Crippen molar-refractivity contribution >= 4 is 5.91 Å². The number of carbonyl (C=O) groups is 1. The molecule has 1 aromatic rings. The second-order valence-electron chi connectivity index (χ2n) is 7.34. The average molecular weight is 334 g/mol. The van der Waals surface area contributed by atoms with E-state index in [1.807, 2.05) is 15.8 Å². The zero-order valence-corrected chi connectivity index (χ0v) is 15.4. The van der Waals surface area contributed by atoms with Crippen LogP contribution in [0.2, 0.25) is 0 Å². The molecule has 2 aliphatic heterocycles. The number of aryl methyl sites for hydroxylation is 1. The molecule has 0 aromatic carbocycles. The van der Waals surface area contributed by atoms with Crippen LogP contribution in [-0.4, -0.2) is 70.9 Å². The molecule has 0 N–H and O–H groups in total. The highest BCUT2D eigenvalue weighted by atomic mass is 16.5. The van der Waals surface area contributed by atoms with E-state index >= 15 is 0 Å².